The number of nitrogens with one attached hydrogen (secondary N) is 1. The van der Waals surface area contributed by atoms with Gasteiger partial charge in [-0.2, -0.15) is 0 Å². The van der Waals surface area contributed by atoms with Crippen LogP contribution in [0.15, 0.2) is 42.5 Å². The quantitative estimate of drug-likeness (QED) is 0.545. The van der Waals surface area contributed by atoms with Crippen molar-refractivity contribution in [1.29, 1.82) is 0 Å². The van der Waals surface area contributed by atoms with E-state index in [9.17, 15) is 19.4 Å². The molecule has 6 nitrogen and oxygen atoms in total. The number of aliphatic hydroxyl groups excluding tert-OH is 1. The molecule has 0 spiro atoms. The number of aromatic hydroxyl groups is 1. The Hall–Kier alpha value is -2.64. The molecule has 7 heteroatoms. The molecule has 26 heavy (non-hydrogen) atoms. The summed E-state index contributed by atoms with van der Waals surface area (Å²) in [6.45, 7) is 1.76. The van der Waals surface area contributed by atoms with Crippen molar-refractivity contribution in [3.63, 3.8) is 0 Å². The first kappa shape index (κ1) is 19.7. The number of carboxylic acids is 1. The van der Waals surface area contributed by atoms with E-state index < -0.39 is 24.5 Å². The van der Waals surface area contributed by atoms with E-state index in [0.717, 1.165) is 5.56 Å². The highest BCUT2D eigenvalue weighted by Crippen LogP contribution is 2.20. The van der Waals surface area contributed by atoms with E-state index in [2.05, 4.69) is 5.32 Å². The zero-order valence-electron chi connectivity index (χ0n) is 14.4. The lowest BCUT2D eigenvalue weighted by molar-refractivity contribution is -0.139. The van der Waals surface area contributed by atoms with Crippen LogP contribution in [-0.4, -0.2) is 40.5 Å². The summed E-state index contributed by atoms with van der Waals surface area (Å²) in [4.78, 5) is 10.4. The van der Waals surface area contributed by atoms with Crippen molar-refractivity contribution in [2.24, 2.45) is 0 Å². The molecule has 0 radical (unpaired) electrons. The van der Waals surface area contributed by atoms with E-state index in [0.29, 0.717) is 18.5 Å². The number of benzene rings is 2. The van der Waals surface area contributed by atoms with Crippen LogP contribution in [0.25, 0.3) is 0 Å². The molecular weight excluding hydrogens is 341 g/mol. The maximum atomic E-state index is 13.9. The maximum absolute atomic E-state index is 13.9. The molecule has 0 aliphatic heterocycles. The predicted octanol–water partition coefficient (Wildman–Crippen LogP) is 2.25. The lowest BCUT2D eigenvalue weighted by Crippen LogP contribution is -2.33. The summed E-state index contributed by atoms with van der Waals surface area (Å²) in [7, 11) is 0. The molecule has 0 saturated heterocycles. The van der Waals surface area contributed by atoms with Crippen molar-refractivity contribution >= 4 is 5.97 Å². The zero-order chi connectivity index (χ0) is 19.1. The Morgan fingerprint density at radius 1 is 1.23 bits per heavy atom. The number of halogens is 1. The molecule has 2 aromatic carbocycles. The van der Waals surface area contributed by atoms with Gasteiger partial charge in [0.1, 0.15) is 5.75 Å². The van der Waals surface area contributed by atoms with Crippen LogP contribution in [0.1, 0.15) is 24.2 Å². The molecule has 0 heterocycles. The van der Waals surface area contributed by atoms with Gasteiger partial charge in [0.15, 0.2) is 18.2 Å². The third-order valence-corrected chi connectivity index (χ3v) is 3.94. The van der Waals surface area contributed by atoms with E-state index in [1.165, 1.54) is 24.3 Å². The maximum Gasteiger partial charge on any atom is 0.341 e. The highest BCUT2D eigenvalue weighted by atomic mass is 19.1. The summed E-state index contributed by atoms with van der Waals surface area (Å²) in [6.07, 6.45) is -0.206. The fraction of sp³-hybridized carbons (Fsp3) is 0.316. The highest BCUT2D eigenvalue weighted by molar-refractivity contribution is 5.68. The second kappa shape index (κ2) is 9.17. The Bertz CT molecular complexity index is 735. The second-order valence-corrected chi connectivity index (χ2v) is 5.98. The van der Waals surface area contributed by atoms with Crippen LogP contribution in [-0.2, 0) is 11.2 Å². The smallest absolute Gasteiger partial charge is 0.341 e. The topological polar surface area (TPSA) is 99.0 Å². The first-order valence-corrected chi connectivity index (χ1v) is 8.20. The molecule has 2 atom stereocenters. The van der Waals surface area contributed by atoms with Crippen molar-refractivity contribution in [3.05, 3.63) is 59.4 Å². The highest BCUT2D eigenvalue weighted by Gasteiger charge is 2.15. The van der Waals surface area contributed by atoms with Crippen LogP contribution in [0.2, 0.25) is 0 Å². The van der Waals surface area contributed by atoms with Crippen LogP contribution in [0, 0.1) is 5.82 Å². The van der Waals surface area contributed by atoms with E-state index >= 15 is 0 Å². The van der Waals surface area contributed by atoms with E-state index in [1.54, 1.807) is 18.2 Å². The Morgan fingerprint density at radius 2 is 1.92 bits per heavy atom. The molecule has 0 fully saturated rings. The Balaban J connectivity index is 1.83. The van der Waals surface area contributed by atoms with Crippen molar-refractivity contribution in [3.8, 4) is 11.5 Å². The standard InChI is InChI=1S/C19H22FNO5/c1-12(19(25)14-3-5-15(22)6-4-14)21-9-8-13-2-7-17(16(20)10-13)26-11-18(23)24/h2-7,10,12,19,21-22,25H,8-9,11H2,1H3,(H,23,24)/t12-,19+/m0/s1. The van der Waals surface area contributed by atoms with Gasteiger partial charge in [-0.3, -0.25) is 0 Å². The van der Waals surface area contributed by atoms with Gasteiger partial charge in [-0.1, -0.05) is 18.2 Å². The summed E-state index contributed by atoms with van der Waals surface area (Å²) in [5.74, 6) is -1.74. The van der Waals surface area contributed by atoms with Crippen LogP contribution < -0.4 is 10.1 Å². The minimum Gasteiger partial charge on any atom is -0.508 e. The average Bonchev–Trinajstić information content (AvgIpc) is 2.60. The van der Waals surface area contributed by atoms with Crippen molar-refractivity contribution < 1.29 is 29.2 Å². The monoisotopic (exact) mass is 363 g/mol. The third-order valence-electron chi connectivity index (χ3n) is 3.94. The molecule has 0 unspecified atom stereocenters. The van der Waals surface area contributed by atoms with Gasteiger partial charge in [-0.15, -0.1) is 0 Å². The van der Waals surface area contributed by atoms with Crippen molar-refractivity contribution in [2.45, 2.75) is 25.5 Å². The van der Waals surface area contributed by atoms with Crippen molar-refractivity contribution in [2.75, 3.05) is 13.2 Å². The van der Waals surface area contributed by atoms with Gasteiger partial charge in [0, 0.05) is 6.04 Å². The summed E-state index contributed by atoms with van der Waals surface area (Å²) in [5.41, 5.74) is 1.41. The number of hydrogen-bond donors (Lipinski definition) is 4. The van der Waals surface area contributed by atoms with Crippen molar-refractivity contribution in [1.82, 2.24) is 5.32 Å². The number of phenols is 1. The van der Waals surface area contributed by atoms with Gasteiger partial charge in [-0.25, -0.2) is 9.18 Å². The second-order valence-electron chi connectivity index (χ2n) is 5.98. The molecule has 4 N–H and O–H groups in total. The third kappa shape index (κ3) is 5.72. The van der Waals surface area contributed by atoms with Crippen LogP contribution in [0.4, 0.5) is 4.39 Å². The normalized spacial score (nSPS) is 13.2. The number of aliphatic hydroxyl groups is 1. The fourth-order valence-corrected chi connectivity index (χ4v) is 2.47. The number of ether oxygens (including phenoxy) is 1. The number of hydrogen-bond acceptors (Lipinski definition) is 5. The molecule has 2 rings (SSSR count). The Morgan fingerprint density at radius 3 is 2.54 bits per heavy atom. The average molecular weight is 363 g/mol. The fourth-order valence-electron chi connectivity index (χ4n) is 2.47. The molecule has 2 aromatic rings. The van der Waals surface area contributed by atoms with Gasteiger partial charge in [0.25, 0.3) is 0 Å². The number of carbonyl (C=O) groups is 1. The summed E-state index contributed by atoms with van der Waals surface area (Å²) < 4.78 is 18.7. The summed E-state index contributed by atoms with van der Waals surface area (Å²) in [6, 6.07) is 10.5. The van der Waals surface area contributed by atoms with Gasteiger partial charge in [0.05, 0.1) is 6.10 Å². The van der Waals surface area contributed by atoms with Gasteiger partial charge in [0.2, 0.25) is 0 Å². The largest absolute Gasteiger partial charge is 0.508 e. The van der Waals surface area contributed by atoms with Gasteiger partial charge in [-0.05, 0) is 55.3 Å². The van der Waals surface area contributed by atoms with Crippen LogP contribution >= 0.6 is 0 Å². The number of aliphatic carboxylic acids is 1. The Labute approximate surface area is 150 Å². The molecular formula is C19H22FNO5. The zero-order valence-corrected chi connectivity index (χ0v) is 14.4. The molecule has 0 aromatic heterocycles. The SMILES string of the molecule is C[C@H](NCCc1ccc(OCC(=O)O)c(F)c1)[C@@H](O)c1ccc(O)cc1. The number of rotatable bonds is 9. The molecule has 0 bridgehead atoms. The lowest BCUT2D eigenvalue weighted by Gasteiger charge is -2.21. The minimum atomic E-state index is -1.17. The molecule has 140 valence electrons. The molecule has 0 aliphatic rings. The lowest BCUT2D eigenvalue weighted by atomic mass is 10.0. The summed E-state index contributed by atoms with van der Waals surface area (Å²) >= 11 is 0. The van der Waals surface area contributed by atoms with E-state index in [1.807, 2.05) is 6.92 Å². The Kier molecular flexibility index (Phi) is 6.94. The first-order chi connectivity index (χ1) is 12.4. The van der Waals surface area contributed by atoms with E-state index in [-0.39, 0.29) is 17.5 Å². The molecule has 0 saturated carbocycles. The number of phenolic OH excluding ortho intramolecular Hbond substituents is 1. The summed E-state index contributed by atoms with van der Waals surface area (Å²) in [5, 5.41) is 31.3. The minimum absolute atomic E-state index is 0.0970. The predicted molar refractivity (Wildman–Crippen MR) is 93.8 cm³/mol. The van der Waals surface area contributed by atoms with Crippen LogP contribution in [0.3, 0.4) is 0 Å². The number of carboxylic acid groups (broad SMARTS) is 1. The molecule has 0 amide bonds. The van der Waals surface area contributed by atoms with Gasteiger partial charge < -0.3 is 25.4 Å². The van der Waals surface area contributed by atoms with Crippen LogP contribution in [0.5, 0.6) is 11.5 Å². The first-order valence-electron chi connectivity index (χ1n) is 8.20. The van der Waals surface area contributed by atoms with E-state index in [4.69, 9.17) is 9.84 Å². The molecule has 0 aliphatic carbocycles. The van der Waals surface area contributed by atoms with Gasteiger partial charge >= 0.3 is 5.97 Å².